The first-order chi connectivity index (χ1) is 11.6. The average Bonchev–Trinajstić information content (AvgIpc) is 2.94. The van der Waals surface area contributed by atoms with Gasteiger partial charge in [-0.25, -0.2) is 13.8 Å². The molecule has 1 heterocycles. The molecule has 0 saturated heterocycles. The summed E-state index contributed by atoms with van der Waals surface area (Å²) < 4.78 is 32.9. The highest BCUT2D eigenvalue weighted by Gasteiger charge is 2.11. The Kier molecular flexibility index (Phi) is 7.11. The normalized spacial score (nSPS) is 11.2. The van der Waals surface area contributed by atoms with Crippen LogP contribution in [0.2, 0.25) is 0 Å². The van der Waals surface area contributed by atoms with Gasteiger partial charge in [0.1, 0.15) is 5.82 Å². The zero-order chi connectivity index (χ0) is 17.4. The number of hydrogen-bond donors (Lipinski definition) is 1. The summed E-state index contributed by atoms with van der Waals surface area (Å²) in [5, 5.41) is 6.48. The second-order valence-electron chi connectivity index (χ2n) is 5.38. The molecule has 24 heavy (non-hydrogen) atoms. The zero-order valence-corrected chi connectivity index (χ0v) is 14.6. The van der Waals surface area contributed by atoms with Crippen molar-refractivity contribution in [2.24, 2.45) is 5.10 Å². The van der Waals surface area contributed by atoms with Gasteiger partial charge in [-0.05, 0) is 19.4 Å². The lowest BCUT2D eigenvalue weighted by atomic mass is 10.2. The second kappa shape index (κ2) is 9.32. The molecule has 2 aromatic rings. The van der Waals surface area contributed by atoms with Crippen molar-refractivity contribution in [2.45, 2.75) is 39.5 Å². The summed E-state index contributed by atoms with van der Waals surface area (Å²) in [5.74, 6) is -1.37. The number of anilines is 1. The Hall–Kier alpha value is -2.02. The summed E-state index contributed by atoms with van der Waals surface area (Å²) >= 11 is 1.40. The maximum absolute atomic E-state index is 14.0. The van der Waals surface area contributed by atoms with Gasteiger partial charge in [0.05, 0.1) is 18.5 Å². The van der Waals surface area contributed by atoms with E-state index in [4.69, 9.17) is 4.74 Å². The first-order valence-corrected chi connectivity index (χ1v) is 8.81. The molecule has 0 atom stereocenters. The van der Waals surface area contributed by atoms with Crippen LogP contribution in [0.5, 0.6) is 5.75 Å². The average molecular weight is 353 g/mol. The fourth-order valence-electron chi connectivity index (χ4n) is 2.09. The minimum atomic E-state index is -0.725. The third-order valence-corrected chi connectivity index (χ3v) is 4.13. The van der Waals surface area contributed by atoms with Gasteiger partial charge in [0, 0.05) is 17.0 Å². The number of unbranched alkanes of at least 4 members (excludes halogenated alkanes) is 3. The third-order valence-electron chi connectivity index (χ3n) is 3.26. The summed E-state index contributed by atoms with van der Waals surface area (Å²) in [7, 11) is 0. The van der Waals surface area contributed by atoms with Crippen molar-refractivity contribution in [1.29, 1.82) is 0 Å². The van der Waals surface area contributed by atoms with E-state index in [2.05, 4.69) is 22.4 Å². The molecule has 0 aliphatic heterocycles. The lowest BCUT2D eigenvalue weighted by Gasteiger charge is -2.10. The fraction of sp³-hybridized carbons (Fsp3) is 0.412. The minimum absolute atomic E-state index is 0.0220. The quantitative estimate of drug-likeness (QED) is 0.386. The zero-order valence-electron chi connectivity index (χ0n) is 13.8. The summed E-state index contributed by atoms with van der Waals surface area (Å²) in [4.78, 5) is 4.19. The Labute approximate surface area is 144 Å². The van der Waals surface area contributed by atoms with E-state index < -0.39 is 11.6 Å². The number of rotatable bonds is 9. The monoisotopic (exact) mass is 353 g/mol. The van der Waals surface area contributed by atoms with Crippen LogP contribution in [0.3, 0.4) is 0 Å². The summed E-state index contributed by atoms with van der Waals surface area (Å²) in [6.45, 7) is 4.38. The molecule has 0 fully saturated rings. The Morgan fingerprint density at radius 1 is 1.29 bits per heavy atom. The maximum atomic E-state index is 14.0. The Morgan fingerprint density at radius 3 is 2.83 bits per heavy atom. The number of halogens is 2. The Bertz CT molecular complexity index is 688. The lowest BCUT2D eigenvalue weighted by Crippen LogP contribution is -2.04. The molecule has 7 heteroatoms. The first-order valence-electron chi connectivity index (χ1n) is 7.93. The van der Waals surface area contributed by atoms with Gasteiger partial charge >= 0.3 is 0 Å². The molecule has 0 saturated carbocycles. The third kappa shape index (κ3) is 5.56. The number of thiazole rings is 1. The van der Waals surface area contributed by atoms with Crippen molar-refractivity contribution >= 4 is 22.7 Å². The molecule has 0 amide bonds. The van der Waals surface area contributed by atoms with E-state index in [1.54, 1.807) is 0 Å². The van der Waals surface area contributed by atoms with Crippen LogP contribution in [0, 0.1) is 18.6 Å². The van der Waals surface area contributed by atoms with Crippen LogP contribution in [-0.4, -0.2) is 17.8 Å². The van der Waals surface area contributed by atoms with Gasteiger partial charge in [-0.1, -0.05) is 26.2 Å². The van der Waals surface area contributed by atoms with Crippen LogP contribution in [0.4, 0.5) is 13.9 Å². The van der Waals surface area contributed by atoms with Crippen LogP contribution in [-0.2, 0) is 0 Å². The number of aryl methyl sites for hydroxylation is 1. The molecule has 2 rings (SSSR count). The lowest BCUT2D eigenvalue weighted by molar-refractivity contribution is 0.289. The van der Waals surface area contributed by atoms with Gasteiger partial charge < -0.3 is 4.74 Å². The van der Waals surface area contributed by atoms with E-state index >= 15 is 0 Å². The van der Waals surface area contributed by atoms with Gasteiger partial charge in [-0.2, -0.15) is 5.10 Å². The van der Waals surface area contributed by atoms with E-state index in [0.717, 1.165) is 37.4 Å². The van der Waals surface area contributed by atoms with Gasteiger partial charge in [-0.3, -0.25) is 5.43 Å². The molecule has 1 aromatic heterocycles. The van der Waals surface area contributed by atoms with E-state index in [-0.39, 0.29) is 11.3 Å². The smallest absolute Gasteiger partial charge is 0.203 e. The fourth-order valence-corrected chi connectivity index (χ4v) is 2.73. The molecule has 0 bridgehead atoms. The summed E-state index contributed by atoms with van der Waals surface area (Å²) in [6.07, 6.45) is 5.42. The number of hydrogen-bond acceptors (Lipinski definition) is 5. The maximum Gasteiger partial charge on any atom is 0.203 e. The van der Waals surface area contributed by atoms with E-state index in [0.29, 0.717) is 11.7 Å². The molecular weight excluding hydrogens is 332 g/mol. The standard InChI is InChI=1S/C17H21F2N3OS/c1-3-4-5-6-7-23-16-13(8-14(18)9-15(16)19)10-20-22-17-21-12(2)11-24-17/h8-11H,3-7H2,1-2H3,(H,21,22). The van der Waals surface area contributed by atoms with E-state index in [1.807, 2.05) is 12.3 Å². The molecule has 0 radical (unpaired) electrons. The Balaban J connectivity index is 2.03. The van der Waals surface area contributed by atoms with Crippen molar-refractivity contribution in [1.82, 2.24) is 4.98 Å². The van der Waals surface area contributed by atoms with Crippen molar-refractivity contribution in [2.75, 3.05) is 12.0 Å². The van der Waals surface area contributed by atoms with Crippen LogP contribution >= 0.6 is 11.3 Å². The van der Waals surface area contributed by atoms with Gasteiger partial charge in [0.2, 0.25) is 5.13 Å². The van der Waals surface area contributed by atoms with Gasteiger partial charge in [-0.15, -0.1) is 11.3 Å². The number of nitrogens with one attached hydrogen (secondary N) is 1. The number of benzene rings is 1. The highest BCUT2D eigenvalue weighted by atomic mass is 32.1. The van der Waals surface area contributed by atoms with E-state index in [1.165, 1.54) is 23.6 Å². The number of nitrogens with zero attached hydrogens (tertiary/aromatic N) is 2. The highest BCUT2D eigenvalue weighted by molar-refractivity contribution is 7.13. The van der Waals surface area contributed by atoms with Crippen LogP contribution < -0.4 is 10.2 Å². The van der Waals surface area contributed by atoms with Gasteiger partial charge in [0.25, 0.3) is 0 Å². The molecule has 0 aliphatic rings. The topological polar surface area (TPSA) is 46.5 Å². The number of aromatic nitrogens is 1. The highest BCUT2D eigenvalue weighted by Crippen LogP contribution is 2.24. The number of hydrazone groups is 1. The summed E-state index contributed by atoms with van der Waals surface area (Å²) in [6, 6.07) is 2.01. The van der Waals surface area contributed by atoms with Crippen molar-refractivity contribution < 1.29 is 13.5 Å². The largest absolute Gasteiger partial charge is 0.490 e. The first kappa shape index (κ1) is 18.3. The Morgan fingerprint density at radius 2 is 2.12 bits per heavy atom. The minimum Gasteiger partial charge on any atom is -0.490 e. The van der Waals surface area contributed by atoms with Gasteiger partial charge in [0.15, 0.2) is 11.6 Å². The predicted molar refractivity (Wildman–Crippen MR) is 94.1 cm³/mol. The molecule has 0 aliphatic carbocycles. The van der Waals surface area contributed by atoms with E-state index in [9.17, 15) is 8.78 Å². The number of ether oxygens (including phenoxy) is 1. The van der Waals surface area contributed by atoms with Crippen LogP contribution in [0.15, 0.2) is 22.6 Å². The second-order valence-corrected chi connectivity index (χ2v) is 6.24. The SMILES string of the molecule is CCCCCCOc1c(F)cc(F)cc1C=NNc1nc(C)cs1. The van der Waals surface area contributed by atoms with Crippen LogP contribution in [0.1, 0.15) is 43.9 Å². The van der Waals surface area contributed by atoms with Crippen molar-refractivity contribution in [3.8, 4) is 5.75 Å². The predicted octanol–water partition coefficient (Wildman–Crippen LogP) is 5.13. The molecule has 130 valence electrons. The molecule has 0 spiro atoms. The molecular formula is C17H21F2N3OS. The van der Waals surface area contributed by atoms with Crippen molar-refractivity contribution in [3.05, 3.63) is 40.4 Å². The van der Waals surface area contributed by atoms with Crippen molar-refractivity contribution in [3.63, 3.8) is 0 Å². The van der Waals surface area contributed by atoms with Crippen LogP contribution in [0.25, 0.3) is 0 Å². The molecule has 4 nitrogen and oxygen atoms in total. The summed E-state index contributed by atoms with van der Waals surface area (Å²) in [5.41, 5.74) is 3.87. The molecule has 1 aromatic carbocycles. The molecule has 0 unspecified atom stereocenters. The molecule has 1 N–H and O–H groups in total.